The van der Waals surface area contributed by atoms with Crippen LogP contribution in [0.3, 0.4) is 0 Å². The summed E-state index contributed by atoms with van der Waals surface area (Å²) in [7, 11) is 0. The van der Waals surface area contributed by atoms with Crippen molar-refractivity contribution in [2.45, 2.75) is 26.4 Å². The molecule has 1 heterocycles. The molecule has 0 aliphatic carbocycles. The van der Waals surface area contributed by atoms with E-state index in [4.69, 9.17) is 0 Å². The van der Waals surface area contributed by atoms with E-state index in [1.807, 2.05) is 6.92 Å². The van der Waals surface area contributed by atoms with Gasteiger partial charge in [-0.25, -0.2) is 4.98 Å². The third-order valence-electron chi connectivity index (χ3n) is 1.75. The maximum atomic E-state index is 11.8. The largest absolute Gasteiger partial charge is 0.411 e. The molecule has 1 rings (SSSR count). The summed E-state index contributed by atoms with van der Waals surface area (Å²) >= 11 is 0. The monoisotopic (exact) mass is 237 g/mol. The van der Waals surface area contributed by atoms with Crippen LogP contribution in [0.1, 0.15) is 12.6 Å². The smallest absolute Gasteiger partial charge is 0.351 e. The minimum atomic E-state index is -4.28. The topological polar surface area (TPSA) is 39.1 Å². The van der Waals surface area contributed by atoms with Gasteiger partial charge in [0.05, 0.1) is 12.0 Å². The van der Waals surface area contributed by atoms with Crippen LogP contribution in [0.25, 0.3) is 0 Å². The minimum Gasteiger partial charge on any atom is -0.351 e. The number of hydrogen-bond donors (Lipinski definition) is 1. The summed E-state index contributed by atoms with van der Waals surface area (Å²) in [6, 6.07) is 0. The average Bonchev–Trinajstić information content (AvgIpc) is 2.61. The van der Waals surface area contributed by atoms with Crippen molar-refractivity contribution in [1.29, 1.82) is 0 Å². The molecular formula is C9H14F3N3O. The number of nitrogens with zero attached hydrogens (tertiary/aromatic N) is 2. The number of rotatable bonds is 6. The molecule has 1 aromatic heterocycles. The molecule has 16 heavy (non-hydrogen) atoms. The Bertz CT molecular complexity index is 311. The highest BCUT2D eigenvalue weighted by atomic mass is 19.4. The predicted octanol–water partition coefficient (Wildman–Crippen LogP) is 1.53. The quantitative estimate of drug-likeness (QED) is 0.815. The van der Waals surface area contributed by atoms with Crippen molar-refractivity contribution in [3.63, 3.8) is 0 Å². The molecule has 92 valence electrons. The van der Waals surface area contributed by atoms with Gasteiger partial charge in [-0.15, -0.1) is 0 Å². The second kappa shape index (κ2) is 5.86. The molecule has 0 unspecified atom stereocenters. The van der Waals surface area contributed by atoms with Gasteiger partial charge in [-0.3, -0.25) is 0 Å². The molecule has 1 aromatic rings. The molecule has 0 aromatic carbocycles. The van der Waals surface area contributed by atoms with Crippen LogP contribution in [0, 0.1) is 0 Å². The second-order valence-corrected chi connectivity index (χ2v) is 3.25. The maximum Gasteiger partial charge on any atom is 0.411 e. The zero-order chi connectivity index (χ0) is 12.0. The number of alkyl halides is 3. The number of halogens is 3. The van der Waals surface area contributed by atoms with Crippen molar-refractivity contribution in [3.05, 3.63) is 18.2 Å². The van der Waals surface area contributed by atoms with Crippen LogP contribution >= 0.6 is 0 Å². The van der Waals surface area contributed by atoms with Gasteiger partial charge in [0, 0.05) is 12.7 Å². The Morgan fingerprint density at radius 3 is 2.88 bits per heavy atom. The summed E-state index contributed by atoms with van der Waals surface area (Å²) in [5.41, 5.74) is 0.775. The van der Waals surface area contributed by atoms with E-state index in [1.165, 1.54) is 10.9 Å². The van der Waals surface area contributed by atoms with Gasteiger partial charge in [-0.05, 0) is 6.54 Å². The number of aromatic nitrogens is 2. The van der Waals surface area contributed by atoms with E-state index in [-0.39, 0.29) is 6.73 Å². The van der Waals surface area contributed by atoms with Gasteiger partial charge in [0.15, 0.2) is 0 Å². The fraction of sp³-hybridized carbons (Fsp3) is 0.667. The second-order valence-electron chi connectivity index (χ2n) is 3.25. The van der Waals surface area contributed by atoms with Gasteiger partial charge in [-0.2, -0.15) is 13.2 Å². The summed E-state index contributed by atoms with van der Waals surface area (Å²) in [6.45, 7) is 2.00. The Kier molecular flexibility index (Phi) is 4.75. The number of nitrogens with one attached hydrogen (secondary N) is 1. The zero-order valence-electron chi connectivity index (χ0n) is 8.92. The van der Waals surface area contributed by atoms with Gasteiger partial charge >= 0.3 is 6.18 Å². The van der Waals surface area contributed by atoms with E-state index in [1.54, 1.807) is 6.20 Å². The van der Waals surface area contributed by atoms with Gasteiger partial charge in [-0.1, -0.05) is 6.92 Å². The molecule has 7 heteroatoms. The molecule has 0 saturated carbocycles. The summed E-state index contributed by atoms with van der Waals surface area (Å²) in [5, 5.41) is 3.06. The molecule has 4 nitrogen and oxygen atoms in total. The van der Waals surface area contributed by atoms with Crippen LogP contribution in [-0.4, -0.2) is 28.9 Å². The highest BCUT2D eigenvalue weighted by Gasteiger charge is 2.27. The van der Waals surface area contributed by atoms with E-state index in [2.05, 4.69) is 15.0 Å². The highest BCUT2D eigenvalue weighted by molar-refractivity contribution is 4.95. The molecule has 0 saturated heterocycles. The van der Waals surface area contributed by atoms with Crippen molar-refractivity contribution in [1.82, 2.24) is 14.9 Å². The summed E-state index contributed by atoms with van der Waals surface area (Å²) < 4.78 is 41.3. The normalized spacial score (nSPS) is 12.0. The van der Waals surface area contributed by atoms with Gasteiger partial charge in [0.25, 0.3) is 0 Å². The van der Waals surface area contributed by atoms with Crippen molar-refractivity contribution >= 4 is 0 Å². The fourth-order valence-electron chi connectivity index (χ4n) is 1.09. The third-order valence-corrected chi connectivity index (χ3v) is 1.75. The van der Waals surface area contributed by atoms with Gasteiger partial charge in [0.1, 0.15) is 13.3 Å². The molecule has 0 amide bonds. The molecule has 0 aliphatic rings. The maximum absolute atomic E-state index is 11.8. The van der Waals surface area contributed by atoms with Crippen LogP contribution in [0.5, 0.6) is 0 Å². The first-order chi connectivity index (χ1) is 7.51. The first kappa shape index (κ1) is 13.0. The molecular weight excluding hydrogens is 223 g/mol. The van der Waals surface area contributed by atoms with Gasteiger partial charge in [0.2, 0.25) is 0 Å². The lowest BCUT2D eigenvalue weighted by Crippen LogP contribution is -2.18. The van der Waals surface area contributed by atoms with Crippen LogP contribution in [-0.2, 0) is 18.0 Å². The number of hydrogen-bond acceptors (Lipinski definition) is 3. The van der Waals surface area contributed by atoms with Crippen LogP contribution in [0.15, 0.2) is 12.5 Å². The van der Waals surface area contributed by atoms with Crippen LogP contribution in [0.2, 0.25) is 0 Å². The minimum absolute atomic E-state index is 0.140. The number of ether oxygens (including phenoxy) is 1. The number of imidazole rings is 1. The zero-order valence-corrected chi connectivity index (χ0v) is 8.92. The standard InChI is InChI=1S/C9H14F3N3O/c1-2-13-3-8-4-15(6-14-8)7-16-5-9(10,11)12/h4,6,13H,2-3,5,7H2,1H3. The summed E-state index contributed by atoms with van der Waals surface area (Å²) in [4.78, 5) is 4.01. The Labute approximate surface area is 91.4 Å². The Morgan fingerprint density at radius 2 is 2.25 bits per heavy atom. The van der Waals surface area contributed by atoms with E-state index >= 15 is 0 Å². The molecule has 0 bridgehead atoms. The van der Waals surface area contributed by atoms with Crippen molar-refractivity contribution < 1.29 is 17.9 Å². The van der Waals surface area contributed by atoms with Gasteiger partial charge < -0.3 is 14.6 Å². The fourth-order valence-corrected chi connectivity index (χ4v) is 1.09. The van der Waals surface area contributed by atoms with Crippen LogP contribution in [0.4, 0.5) is 13.2 Å². The first-order valence-corrected chi connectivity index (χ1v) is 4.87. The lowest BCUT2D eigenvalue weighted by molar-refractivity contribution is -0.181. The summed E-state index contributed by atoms with van der Waals surface area (Å²) in [5.74, 6) is 0. The average molecular weight is 237 g/mol. The molecule has 0 spiro atoms. The highest BCUT2D eigenvalue weighted by Crippen LogP contribution is 2.14. The third kappa shape index (κ3) is 5.13. The van der Waals surface area contributed by atoms with Crippen molar-refractivity contribution in [2.75, 3.05) is 13.2 Å². The SMILES string of the molecule is CCNCc1cn(COCC(F)(F)F)cn1. The van der Waals surface area contributed by atoms with E-state index in [9.17, 15) is 13.2 Å². The Balaban J connectivity index is 2.29. The molecule has 0 radical (unpaired) electrons. The van der Waals surface area contributed by atoms with Crippen LogP contribution < -0.4 is 5.32 Å². The summed E-state index contributed by atoms with van der Waals surface area (Å²) in [6.07, 6.45) is -1.19. The molecule has 1 N–H and O–H groups in total. The van der Waals surface area contributed by atoms with E-state index < -0.39 is 12.8 Å². The lowest BCUT2D eigenvalue weighted by atomic mass is 10.5. The first-order valence-electron chi connectivity index (χ1n) is 4.87. The molecule has 0 aliphatic heterocycles. The predicted molar refractivity (Wildman–Crippen MR) is 51.6 cm³/mol. The Hall–Kier alpha value is -1.08. The lowest BCUT2D eigenvalue weighted by Gasteiger charge is -2.07. The van der Waals surface area contributed by atoms with E-state index in [0.717, 1.165) is 12.2 Å². The molecule has 0 fully saturated rings. The molecule has 0 atom stereocenters. The van der Waals surface area contributed by atoms with E-state index in [0.29, 0.717) is 6.54 Å². The van der Waals surface area contributed by atoms with Crippen molar-refractivity contribution in [3.8, 4) is 0 Å². The van der Waals surface area contributed by atoms with Crippen molar-refractivity contribution in [2.24, 2.45) is 0 Å². The Morgan fingerprint density at radius 1 is 1.50 bits per heavy atom.